The molecule has 15 heavy (non-hydrogen) atoms. The van der Waals surface area contributed by atoms with Crippen LogP contribution < -0.4 is 0 Å². The average molecular weight is 226 g/mol. The van der Waals surface area contributed by atoms with Crippen LogP contribution in [0.5, 0.6) is 0 Å². The van der Waals surface area contributed by atoms with Crippen molar-refractivity contribution >= 4 is 11.6 Å². The molecule has 3 nitrogen and oxygen atoms in total. The van der Waals surface area contributed by atoms with E-state index in [1.165, 1.54) is 6.42 Å². The second-order valence-corrected chi connectivity index (χ2v) is 5.36. The minimum atomic E-state index is 0.444. The molecule has 0 radical (unpaired) electrons. The van der Waals surface area contributed by atoms with Gasteiger partial charge in [-0.3, -0.25) is 4.90 Å². The first-order valence-corrected chi connectivity index (χ1v) is 5.63. The Morgan fingerprint density at radius 3 is 2.73 bits per heavy atom. The van der Waals surface area contributed by atoms with Gasteiger partial charge in [0, 0.05) is 13.1 Å². The summed E-state index contributed by atoms with van der Waals surface area (Å²) in [7, 11) is 0. The molecule has 1 aliphatic heterocycles. The second kappa shape index (κ2) is 4.06. The molecule has 0 N–H and O–H groups in total. The Labute approximate surface area is 95.5 Å². The third kappa shape index (κ3) is 2.89. The van der Waals surface area contributed by atoms with Crippen LogP contribution in [0.15, 0.2) is 12.1 Å². The summed E-state index contributed by atoms with van der Waals surface area (Å²) in [4.78, 5) is 2.41. The molecule has 4 heteroatoms. The lowest BCUT2D eigenvalue weighted by atomic mass is 9.93. The summed E-state index contributed by atoms with van der Waals surface area (Å²) in [5.74, 6) is 0. The Kier molecular flexibility index (Phi) is 2.94. The van der Waals surface area contributed by atoms with E-state index < -0.39 is 0 Å². The standard InChI is InChI=1S/C11H16ClN3/c1-11(2)5-6-15(8-11)7-9-3-4-10(12)14-13-9/h3-4H,5-8H2,1-2H3. The fourth-order valence-electron chi connectivity index (χ4n) is 2.02. The highest BCUT2D eigenvalue weighted by molar-refractivity contribution is 6.29. The number of rotatable bonds is 2. The van der Waals surface area contributed by atoms with E-state index in [9.17, 15) is 0 Å². The highest BCUT2D eigenvalue weighted by Crippen LogP contribution is 2.29. The molecular weight excluding hydrogens is 210 g/mol. The largest absolute Gasteiger partial charge is 0.297 e. The van der Waals surface area contributed by atoms with E-state index in [1.807, 2.05) is 6.07 Å². The van der Waals surface area contributed by atoms with Crippen LogP contribution in [0.25, 0.3) is 0 Å². The predicted molar refractivity (Wildman–Crippen MR) is 60.7 cm³/mol. The molecule has 0 spiro atoms. The van der Waals surface area contributed by atoms with Crippen LogP contribution in [0.3, 0.4) is 0 Å². The van der Waals surface area contributed by atoms with Crippen LogP contribution >= 0.6 is 11.6 Å². The lowest BCUT2D eigenvalue weighted by molar-refractivity contribution is 0.281. The highest BCUT2D eigenvalue weighted by atomic mass is 35.5. The average Bonchev–Trinajstić information content (AvgIpc) is 2.50. The Morgan fingerprint density at radius 1 is 1.40 bits per heavy atom. The van der Waals surface area contributed by atoms with E-state index in [2.05, 4.69) is 28.9 Å². The molecule has 0 bridgehead atoms. The van der Waals surface area contributed by atoms with Crippen molar-refractivity contribution in [1.29, 1.82) is 0 Å². The third-order valence-corrected chi connectivity index (χ3v) is 3.03. The molecule has 2 heterocycles. The zero-order valence-corrected chi connectivity index (χ0v) is 9.96. The van der Waals surface area contributed by atoms with Gasteiger partial charge in [-0.15, -0.1) is 5.10 Å². The highest BCUT2D eigenvalue weighted by Gasteiger charge is 2.29. The first-order valence-electron chi connectivity index (χ1n) is 5.26. The maximum atomic E-state index is 5.69. The van der Waals surface area contributed by atoms with E-state index in [4.69, 9.17) is 11.6 Å². The number of hydrogen-bond acceptors (Lipinski definition) is 3. The Bertz CT molecular complexity index is 334. The van der Waals surface area contributed by atoms with Crippen molar-refractivity contribution in [2.24, 2.45) is 5.41 Å². The summed E-state index contributed by atoms with van der Waals surface area (Å²) in [6.07, 6.45) is 1.26. The number of nitrogens with zero attached hydrogens (tertiary/aromatic N) is 3. The van der Waals surface area contributed by atoms with Crippen molar-refractivity contribution in [3.63, 3.8) is 0 Å². The molecule has 82 valence electrons. The topological polar surface area (TPSA) is 29.0 Å². The molecule has 2 rings (SSSR count). The monoisotopic (exact) mass is 225 g/mol. The van der Waals surface area contributed by atoms with Crippen LogP contribution in [0.2, 0.25) is 5.15 Å². The molecule has 1 aromatic heterocycles. The first-order chi connectivity index (χ1) is 7.05. The quantitative estimate of drug-likeness (QED) is 0.774. The number of likely N-dealkylation sites (tertiary alicyclic amines) is 1. The van der Waals surface area contributed by atoms with Gasteiger partial charge in [0.1, 0.15) is 0 Å². The van der Waals surface area contributed by atoms with Crippen molar-refractivity contribution in [1.82, 2.24) is 15.1 Å². The van der Waals surface area contributed by atoms with Gasteiger partial charge in [-0.25, -0.2) is 0 Å². The second-order valence-electron chi connectivity index (χ2n) is 4.97. The van der Waals surface area contributed by atoms with Gasteiger partial charge in [-0.1, -0.05) is 25.4 Å². The third-order valence-electron chi connectivity index (χ3n) is 2.83. The minimum Gasteiger partial charge on any atom is -0.297 e. The van der Waals surface area contributed by atoms with E-state index in [1.54, 1.807) is 6.07 Å². The molecule has 1 fully saturated rings. The normalized spacial score (nSPS) is 20.7. The van der Waals surface area contributed by atoms with E-state index >= 15 is 0 Å². The lowest BCUT2D eigenvalue weighted by Crippen LogP contribution is -2.23. The minimum absolute atomic E-state index is 0.444. The van der Waals surface area contributed by atoms with Crippen LogP contribution in [0, 0.1) is 5.41 Å². The van der Waals surface area contributed by atoms with Gasteiger partial charge in [0.25, 0.3) is 0 Å². The van der Waals surface area contributed by atoms with Gasteiger partial charge >= 0.3 is 0 Å². The number of aromatic nitrogens is 2. The summed E-state index contributed by atoms with van der Waals surface area (Å²) >= 11 is 5.69. The van der Waals surface area contributed by atoms with Crippen molar-refractivity contribution in [3.8, 4) is 0 Å². The summed E-state index contributed by atoms with van der Waals surface area (Å²) < 4.78 is 0. The molecular formula is C11H16ClN3. The van der Waals surface area contributed by atoms with Gasteiger partial charge in [-0.2, -0.15) is 5.10 Å². The van der Waals surface area contributed by atoms with Crippen molar-refractivity contribution in [2.75, 3.05) is 13.1 Å². The predicted octanol–water partition coefficient (Wildman–Crippen LogP) is 2.36. The van der Waals surface area contributed by atoms with Gasteiger partial charge in [0.2, 0.25) is 0 Å². The SMILES string of the molecule is CC1(C)CCN(Cc2ccc(Cl)nn2)C1. The summed E-state index contributed by atoms with van der Waals surface area (Å²) in [6.45, 7) is 7.78. The zero-order valence-electron chi connectivity index (χ0n) is 9.20. The number of hydrogen-bond donors (Lipinski definition) is 0. The van der Waals surface area contributed by atoms with E-state index in [0.717, 1.165) is 25.3 Å². The molecule has 1 aromatic rings. The van der Waals surface area contributed by atoms with Gasteiger partial charge in [0.05, 0.1) is 5.69 Å². The van der Waals surface area contributed by atoms with E-state index in [0.29, 0.717) is 10.6 Å². The summed E-state index contributed by atoms with van der Waals surface area (Å²) in [5, 5.41) is 8.37. The molecule has 1 saturated heterocycles. The summed E-state index contributed by atoms with van der Waals surface area (Å²) in [5.41, 5.74) is 1.44. The smallest absolute Gasteiger partial charge is 0.151 e. The first kappa shape index (κ1) is 10.8. The maximum absolute atomic E-state index is 5.69. The van der Waals surface area contributed by atoms with Crippen molar-refractivity contribution < 1.29 is 0 Å². The molecule has 0 aliphatic carbocycles. The lowest BCUT2D eigenvalue weighted by Gasteiger charge is -2.18. The molecule has 0 atom stereocenters. The fourth-order valence-corrected chi connectivity index (χ4v) is 2.12. The van der Waals surface area contributed by atoms with Gasteiger partial charge in [0.15, 0.2) is 5.15 Å². The van der Waals surface area contributed by atoms with Crippen molar-refractivity contribution in [3.05, 3.63) is 23.0 Å². The molecule has 1 aliphatic rings. The maximum Gasteiger partial charge on any atom is 0.151 e. The fraction of sp³-hybridized carbons (Fsp3) is 0.636. The van der Waals surface area contributed by atoms with Crippen LogP contribution in [-0.2, 0) is 6.54 Å². The van der Waals surface area contributed by atoms with Crippen LogP contribution in [-0.4, -0.2) is 28.2 Å². The summed E-state index contributed by atoms with van der Waals surface area (Å²) in [6, 6.07) is 3.74. The molecule has 0 unspecified atom stereocenters. The molecule has 0 aromatic carbocycles. The van der Waals surface area contributed by atoms with E-state index in [-0.39, 0.29) is 0 Å². The number of halogens is 1. The molecule has 0 saturated carbocycles. The molecule has 0 amide bonds. The Balaban J connectivity index is 1.96. The van der Waals surface area contributed by atoms with Crippen LogP contribution in [0.1, 0.15) is 26.0 Å². The van der Waals surface area contributed by atoms with Gasteiger partial charge < -0.3 is 0 Å². The Morgan fingerprint density at radius 2 is 2.20 bits per heavy atom. The van der Waals surface area contributed by atoms with Crippen molar-refractivity contribution in [2.45, 2.75) is 26.8 Å². The Hall–Kier alpha value is -0.670. The zero-order chi connectivity index (χ0) is 10.9. The van der Waals surface area contributed by atoms with Crippen LogP contribution in [0.4, 0.5) is 0 Å². The van der Waals surface area contributed by atoms with Gasteiger partial charge in [-0.05, 0) is 30.5 Å².